The van der Waals surface area contributed by atoms with E-state index in [1.165, 1.54) is 141 Å². The van der Waals surface area contributed by atoms with Gasteiger partial charge in [0.25, 0.3) is 0 Å². The highest BCUT2D eigenvalue weighted by Crippen LogP contribution is 2.15. The zero-order valence-electron chi connectivity index (χ0n) is 52.3. The lowest BCUT2D eigenvalue weighted by Crippen LogP contribution is -2.30. The number of esters is 3. The molecule has 6 heteroatoms. The van der Waals surface area contributed by atoms with E-state index in [-0.39, 0.29) is 31.1 Å². The fourth-order valence-electron chi connectivity index (χ4n) is 9.15. The van der Waals surface area contributed by atoms with Crippen LogP contribution in [0.3, 0.4) is 0 Å². The van der Waals surface area contributed by atoms with Crippen molar-refractivity contribution in [2.45, 2.75) is 316 Å². The van der Waals surface area contributed by atoms with Crippen LogP contribution in [0.5, 0.6) is 0 Å². The van der Waals surface area contributed by atoms with Gasteiger partial charge in [-0.3, -0.25) is 14.4 Å². The Morgan fingerprint density at radius 2 is 0.487 bits per heavy atom. The Morgan fingerprint density at radius 3 is 0.775 bits per heavy atom. The summed E-state index contributed by atoms with van der Waals surface area (Å²) in [5, 5.41) is 0. The Kier molecular flexibility index (Phi) is 63.8. The second kappa shape index (κ2) is 67.3. The topological polar surface area (TPSA) is 78.9 Å². The highest BCUT2D eigenvalue weighted by Gasteiger charge is 2.19. The average Bonchev–Trinajstić information content (AvgIpc) is 3.46. The summed E-state index contributed by atoms with van der Waals surface area (Å²) in [6, 6.07) is 0. The minimum atomic E-state index is -0.799. The largest absolute Gasteiger partial charge is 0.462 e. The van der Waals surface area contributed by atoms with Crippen molar-refractivity contribution in [2.75, 3.05) is 13.2 Å². The van der Waals surface area contributed by atoms with Crippen LogP contribution in [0.25, 0.3) is 0 Å². The Balaban J connectivity index is 4.42. The summed E-state index contributed by atoms with van der Waals surface area (Å²) in [6.07, 6.45) is 93.5. The van der Waals surface area contributed by atoms with Gasteiger partial charge in [-0.15, -0.1) is 0 Å². The predicted octanol–water partition coefficient (Wildman–Crippen LogP) is 23.2. The van der Waals surface area contributed by atoms with E-state index in [0.717, 1.165) is 128 Å². The molecule has 0 bridgehead atoms. The van der Waals surface area contributed by atoms with Crippen molar-refractivity contribution in [1.29, 1.82) is 0 Å². The van der Waals surface area contributed by atoms with Crippen molar-refractivity contribution in [3.05, 3.63) is 122 Å². The standard InChI is InChI=1S/C74H124O6/c1-4-7-10-13-16-19-22-25-28-31-32-33-34-35-36-37-38-39-40-41-42-44-46-49-52-55-58-61-64-67-73(76)79-70-71(69-78-72(75)66-63-60-57-54-51-48-45-30-27-24-21-18-15-12-9-6-3)80-74(77)68-65-62-59-56-53-50-47-43-29-26-23-20-17-14-11-8-5-2/h7,10,16,19,25-26,28-30,32-33,35-36,38-39,41-42,45-46,49,71H,4-6,8-9,11-15,17-18,20-24,27,31,34,37,40,43-44,47-48,50-70H2,1-3H3/b10-7-,19-16-,28-25-,29-26-,33-32-,36-35-,39-38-,42-41-,45-30-,49-46-. The normalized spacial score (nSPS) is 12.9. The molecule has 0 aliphatic rings. The molecule has 0 aromatic rings. The quantitative estimate of drug-likeness (QED) is 0.0261. The summed E-state index contributed by atoms with van der Waals surface area (Å²) in [5.41, 5.74) is 0. The minimum absolute atomic E-state index is 0.0932. The number of rotatable bonds is 60. The van der Waals surface area contributed by atoms with Crippen molar-refractivity contribution in [2.24, 2.45) is 0 Å². The first-order valence-corrected chi connectivity index (χ1v) is 33.5. The van der Waals surface area contributed by atoms with Crippen LogP contribution in [0, 0.1) is 0 Å². The molecule has 0 amide bonds. The number of ether oxygens (including phenoxy) is 3. The van der Waals surface area contributed by atoms with E-state index < -0.39 is 6.10 Å². The van der Waals surface area contributed by atoms with E-state index in [0.29, 0.717) is 19.3 Å². The molecule has 0 N–H and O–H groups in total. The van der Waals surface area contributed by atoms with Crippen LogP contribution in [-0.4, -0.2) is 37.2 Å². The summed E-state index contributed by atoms with van der Waals surface area (Å²) >= 11 is 0. The fourth-order valence-corrected chi connectivity index (χ4v) is 9.15. The van der Waals surface area contributed by atoms with Gasteiger partial charge in [-0.05, 0) is 135 Å². The molecule has 0 heterocycles. The van der Waals surface area contributed by atoms with Gasteiger partial charge in [0.2, 0.25) is 0 Å². The summed E-state index contributed by atoms with van der Waals surface area (Å²) in [6.45, 7) is 6.51. The van der Waals surface area contributed by atoms with Crippen molar-refractivity contribution in [3.8, 4) is 0 Å². The van der Waals surface area contributed by atoms with Gasteiger partial charge in [-0.2, -0.15) is 0 Å². The maximum Gasteiger partial charge on any atom is 0.306 e. The van der Waals surface area contributed by atoms with Gasteiger partial charge in [-0.1, -0.05) is 277 Å². The Bertz CT molecular complexity index is 1650. The van der Waals surface area contributed by atoms with Crippen LogP contribution in [-0.2, 0) is 28.6 Å². The fraction of sp³-hybridized carbons (Fsp3) is 0.689. The SMILES string of the molecule is CC/C=C\C/C=C\C/C=C\C/C=C\C/C=C\C/C=C\C/C=C\C/C=C\CCCCCCC(=O)OCC(COC(=O)CCCCCCC/C=C\CCCCCCCCC)OC(=O)CCCCCCCCC/C=C\CCCCCCCC. The molecule has 1 unspecified atom stereocenters. The van der Waals surface area contributed by atoms with E-state index >= 15 is 0 Å². The molecule has 0 aliphatic carbocycles. The van der Waals surface area contributed by atoms with Crippen molar-refractivity contribution >= 4 is 17.9 Å². The van der Waals surface area contributed by atoms with Crippen molar-refractivity contribution < 1.29 is 28.6 Å². The zero-order valence-corrected chi connectivity index (χ0v) is 52.3. The van der Waals surface area contributed by atoms with Crippen LogP contribution in [0.2, 0.25) is 0 Å². The van der Waals surface area contributed by atoms with Gasteiger partial charge in [0.15, 0.2) is 6.10 Å². The predicted molar refractivity (Wildman–Crippen MR) is 348 cm³/mol. The molecule has 80 heavy (non-hydrogen) atoms. The molecule has 0 aromatic carbocycles. The van der Waals surface area contributed by atoms with Crippen LogP contribution in [0.1, 0.15) is 310 Å². The lowest BCUT2D eigenvalue weighted by Gasteiger charge is -2.18. The highest BCUT2D eigenvalue weighted by atomic mass is 16.6. The molecule has 0 saturated heterocycles. The van der Waals surface area contributed by atoms with Gasteiger partial charge in [0.1, 0.15) is 13.2 Å². The Labute approximate surface area is 494 Å². The lowest BCUT2D eigenvalue weighted by molar-refractivity contribution is -0.167. The molecule has 0 aliphatic heterocycles. The minimum Gasteiger partial charge on any atom is -0.462 e. The summed E-state index contributed by atoms with van der Waals surface area (Å²) in [7, 11) is 0. The van der Waals surface area contributed by atoms with Gasteiger partial charge >= 0.3 is 17.9 Å². The molecule has 0 aromatic heterocycles. The van der Waals surface area contributed by atoms with Crippen molar-refractivity contribution in [1.82, 2.24) is 0 Å². The third-order valence-corrected chi connectivity index (χ3v) is 14.2. The number of hydrogen-bond donors (Lipinski definition) is 0. The van der Waals surface area contributed by atoms with Gasteiger partial charge in [0, 0.05) is 19.3 Å². The second-order valence-electron chi connectivity index (χ2n) is 22.0. The maximum atomic E-state index is 12.9. The van der Waals surface area contributed by atoms with Crippen LogP contribution < -0.4 is 0 Å². The second-order valence-corrected chi connectivity index (χ2v) is 22.0. The molecule has 456 valence electrons. The van der Waals surface area contributed by atoms with Crippen LogP contribution in [0.4, 0.5) is 0 Å². The molecular formula is C74H124O6. The molecule has 1 atom stereocenters. The first kappa shape index (κ1) is 75.8. The first-order valence-electron chi connectivity index (χ1n) is 33.5. The third kappa shape index (κ3) is 64.6. The smallest absolute Gasteiger partial charge is 0.306 e. The number of allylic oxidation sites excluding steroid dienone is 20. The molecule has 0 spiro atoms. The molecular weight excluding hydrogens is 985 g/mol. The maximum absolute atomic E-state index is 12.9. The van der Waals surface area contributed by atoms with E-state index in [1.54, 1.807) is 0 Å². The third-order valence-electron chi connectivity index (χ3n) is 14.2. The average molecular weight is 1110 g/mol. The Hall–Kier alpha value is -4.19. The summed E-state index contributed by atoms with van der Waals surface area (Å²) in [5.74, 6) is -0.924. The molecule has 0 fully saturated rings. The van der Waals surface area contributed by atoms with Gasteiger partial charge in [0.05, 0.1) is 0 Å². The molecule has 6 nitrogen and oxygen atoms in total. The number of carbonyl (C=O) groups is 3. The highest BCUT2D eigenvalue weighted by molar-refractivity contribution is 5.71. The van der Waals surface area contributed by atoms with Crippen molar-refractivity contribution in [3.63, 3.8) is 0 Å². The molecule has 0 rings (SSSR count). The Morgan fingerprint density at radius 1 is 0.263 bits per heavy atom. The van der Waals surface area contributed by atoms with Gasteiger partial charge in [-0.25, -0.2) is 0 Å². The molecule has 0 saturated carbocycles. The summed E-state index contributed by atoms with van der Waals surface area (Å²) in [4.78, 5) is 38.4. The van der Waals surface area contributed by atoms with E-state index in [4.69, 9.17) is 14.2 Å². The monoisotopic (exact) mass is 1110 g/mol. The lowest BCUT2D eigenvalue weighted by atomic mass is 10.1. The number of unbranched alkanes of at least 4 members (excludes halogenated alkanes) is 29. The van der Waals surface area contributed by atoms with E-state index in [2.05, 4.69) is 142 Å². The summed E-state index contributed by atoms with van der Waals surface area (Å²) < 4.78 is 16.9. The number of carbonyl (C=O) groups excluding carboxylic acids is 3. The molecule has 0 radical (unpaired) electrons. The zero-order chi connectivity index (χ0) is 57.8. The van der Waals surface area contributed by atoms with Crippen LogP contribution >= 0.6 is 0 Å². The van der Waals surface area contributed by atoms with Gasteiger partial charge < -0.3 is 14.2 Å². The number of hydrogen-bond acceptors (Lipinski definition) is 6. The van der Waals surface area contributed by atoms with E-state index in [1.807, 2.05) is 0 Å². The first-order chi connectivity index (χ1) is 39.5. The van der Waals surface area contributed by atoms with E-state index in [9.17, 15) is 14.4 Å². The van der Waals surface area contributed by atoms with Crippen LogP contribution in [0.15, 0.2) is 122 Å².